The van der Waals surface area contributed by atoms with Crippen molar-refractivity contribution in [2.24, 2.45) is 0 Å². The van der Waals surface area contributed by atoms with E-state index in [4.69, 9.17) is 0 Å². The van der Waals surface area contributed by atoms with Gasteiger partial charge in [-0.3, -0.25) is 0 Å². The van der Waals surface area contributed by atoms with Crippen molar-refractivity contribution in [3.8, 4) is 22.3 Å². The highest BCUT2D eigenvalue weighted by molar-refractivity contribution is 6.33. The molecule has 0 fully saturated rings. The monoisotopic (exact) mass is 845 g/mol. The van der Waals surface area contributed by atoms with Crippen molar-refractivity contribution in [2.75, 3.05) is 0 Å². The average molecular weight is 846 g/mol. The van der Waals surface area contributed by atoms with Crippen LogP contribution in [0.4, 0.5) is 0 Å². The summed E-state index contributed by atoms with van der Waals surface area (Å²) < 4.78 is 0. The molecule has 0 radical (unpaired) electrons. The zero-order chi connectivity index (χ0) is 43.7. The molecule has 0 aliphatic heterocycles. The molecule has 0 heteroatoms. The predicted molar refractivity (Wildman–Crippen MR) is 287 cm³/mol. The van der Waals surface area contributed by atoms with Crippen LogP contribution in [0.25, 0.3) is 120 Å². The van der Waals surface area contributed by atoms with E-state index >= 15 is 0 Å². The first-order chi connectivity index (χ1) is 33.2. The van der Waals surface area contributed by atoms with Gasteiger partial charge in [0.1, 0.15) is 0 Å². The van der Waals surface area contributed by atoms with Gasteiger partial charge in [-0.1, -0.05) is 267 Å². The summed E-state index contributed by atoms with van der Waals surface area (Å²) in [7, 11) is 0. The molecule has 0 aromatic heterocycles. The maximum atomic E-state index is 2.58. The maximum Gasteiger partial charge on any atom is 0.0142 e. The molecule has 0 N–H and O–H groups in total. The zero-order valence-electron chi connectivity index (χ0n) is 36.7. The molecule has 0 bridgehead atoms. The SMILES string of the molecule is C(=C(C=C1c2ccc3ccccc3c2-c2c1ccc1ccccc21)CC1c2ccc3ccccc3c2-c2c1ccc1ccccc21)c1c2ccc3ccccc3c2[c-]2c1ccc1ccccc12. The molecule has 2 aliphatic rings. The number of hydrogen-bond acceptors (Lipinski definition) is 0. The highest BCUT2D eigenvalue weighted by Gasteiger charge is 2.33. The van der Waals surface area contributed by atoms with Gasteiger partial charge in [0.2, 0.25) is 0 Å². The van der Waals surface area contributed by atoms with Crippen LogP contribution in [0.2, 0.25) is 0 Å². The van der Waals surface area contributed by atoms with Crippen LogP contribution in [-0.2, 0) is 0 Å². The molecule has 13 aromatic rings. The Morgan fingerprint density at radius 3 is 1.36 bits per heavy atom. The molecule has 13 aromatic carbocycles. The van der Waals surface area contributed by atoms with Crippen LogP contribution in [0, 0.1) is 0 Å². The van der Waals surface area contributed by atoms with Gasteiger partial charge in [0.05, 0.1) is 0 Å². The standard InChI is InChI=1S/C67H41/c1-7-19-47-41(13-1)25-31-53-59(54-32-26-42-14-2-8-20-48(42)63(54)62(47)53)37-40(38-60-55-33-27-43-15-3-9-21-49(43)64(55)65-50-22-10-4-16-44(50)28-34-56(60)65)39-61-57-35-29-45-17-5-11-23-51(45)66(57)67-52-24-12-6-18-46(52)30-36-58(61)67/h1-38,61H,39H2/q-1. The summed E-state index contributed by atoms with van der Waals surface area (Å²) in [5, 5.41) is 20.8. The van der Waals surface area contributed by atoms with Crippen molar-refractivity contribution in [3.63, 3.8) is 0 Å². The first-order valence-corrected chi connectivity index (χ1v) is 23.7. The maximum absolute atomic E-state index is 2.58. The molecular weight excluding hydrogens is 805 g/mol. The summed E-state index contributed by atoms with van der Waals surface area (Å²) in [5.41, 5.74) is 14.8. The Kier molecular flexibility index (Phi) is 7.71. The summed E-state index contributed by atoms with van der Waals surface area (Å²) in [6.45, 7) is 0. The number of rotatable bonds is 4. The quantitative estimate of drug-likeness (QED) is 0.155. The lowest BCUT2D eigenvalue weighted by molar-refractivity contribution is 0.836. The van der Waals surface area contributed by atoms with E-state index in [2.05, 4.69) is 231 Å². The van der Waals surface area contributed by atoms with E-state index in [1.807, 2.05) is 0 Å². The Bertz CT molecular complexity index is 4090. The summed E-state index contributed by atoms with van der Waals surface area (Å²) in [6.07, 6.45) is 6.00. The van der Waals surface area contributed by atoms with E-state index in [-0.39, 0.29) is 5.92 Å². The molecule has 0 atom stereocenters. The van der Waals surface area contributed by atoms with Crippen molar-refractivity contribution in [1.82, 2.24) is 0 Å². The van der Waals surface area contributed by atoms with E-state index in [0.29, 0.717) is 0 Å². The van der Waals surface area contributed by atoms with Gasteiger partial charge in [0.15, 0.2) is 0 Å². The Morgan fingerprint density at radius 1 is 0.358 bits per heavy atom. The first-order valence-electron chi connectivity index (χ1n) is 23.7. The van der Waals surface area contributed by atoms with Crippen LogP contribution < -0.4 is 0 Å². The average Bonchev–Trinajstić information content (AvgIpc) is 4.02. The second-order valence-electron chi connectivity index (χ2n) is 18.8. The fraction of sp³-hybridized carbons (Fsp3) is 0.0299. The van der Waals surface area contributed by atoms with Gasteiger partial charge in [0, 0.05) is 5.92 Å². The van der Waals surface area contributed by atoms with E-state index in [9.17, 15) is 0 Å². The summed E-state index contributed by atoms with van der Waals surface area (Å²) in [6, 6.07) is 82.1. The predicted octanol–water partition coefficient (Wildman–Crippen LogP) is 18.3. The minimum Gasteiger partial charge on any atom is -0.104 e. The highest BCUT2D eigenvalue weighted by atomic mass is 14.4. The van der Waals surface area contributed by atoms with E-state index in [1.165, 1.54) is 147 Å². The molecule has 0 unspecified atom stereocenters. The summed E-state index contributed by atoms with van der Waals surface area (Å²) in [4.78, 5) is 0. The van der Waals surface area contributed by atoms with Crippen molar-refractivity contribution < 1.29 is 0 Å². The van der Waals surface area contributed by atoms with Crippen molar-refractivity contribution >= 4 is 97.8 Å². The molecule has 0 saturated carbocycles. The fourth-order valence-corrected chi connectivity index (χ4v) is 12.5. The van der Waals surface area contributed by atoms with Crippen molar-refractivity contribution in [3.05, 3.63) is 258 Å². The number of allylic oxidation sites excluding steroid dienone is 2. The lowest BCUT2D eigenvalue weighted by Gasteiger charge is -2.17. The third-order valence-electron chi connectivity index (χ3n) is 15.4. The van der Waals surface area contributed by atoms with E-state index < -0.39 is 0 Å². The summed E-state index contributed by atoms with van der Waals surface area (Å²) in [5.74, 6) is 0.144. The molecule has 67 heavy (non-hydrogen) atoms. The van der Waals surface area contributed by atoms with Crippen LogP contribution >= 0.6 is 0 Å². The van der Waals surface area contributed by atoms with Gasteiger partial charge in [-0.05, 0) is 105 Å². The second kappa shape index (κ2) is 14.0. The van der Waals surface area contributed by atoms with Crippen LogP contribution in [0.1, 0.15) is 40.2 Å². The normalized spacial score (nSPS) is 13.4. The Morgan fingerprint density at radius 2 is 0.791 bits per heavy atom. The Labute approximate surface area is 388 Å². The molecule has 2 aliphatic carbocycles. The van der Waals surface area contributed by atoms with Gasteiger partial charge in [-0.15, -0.1) is 12.1 Å². The first kappa shape index (κ1) is 36.8. The van der Waals surface area contributed by atoms with E-state index in [0.717, 1.165) is 6.42 Å². The van der Waals surface area contributed by atoms with Crippen LogP contribution in [0.3, 0.4) is 0 Å². The molecule has 0 spiro atoms. The van der Waals surface area contributed by atoms with Gasteiger partial charge in [0.25, 0.3) is 0 Å². The van der Waals surface area contributed by atoms with Crippen LogP contribution in [0.5, 0.6) is 0 Å². The molecule has 310 valence electrons. The minimum absolute atomic E-state index is 0.144. The third-order valence-corrected chi connectivity index (χ3v) is 15.4. The zero-order valence-corrected chi connectivity index (χ0v) is 36.7. The topological polar surface area (TPSA) is 0 Å². The van der Waals surface area contributed by atoms with Gasteiger partial charge in [-0.2, -0.15) is 0 Å². The van der Waals surface area contributed by atoms with Crippen molar-refractivity contribution in [1.29, 1.82) is 0 Å². The summed E-state index contributed by atoms with van der Waals surface area (Å²) >= 11 is 0. The molecule has 0 heterocycles. The van der Waals surface area contributed by atoms with Gasteiger partial charge < -0.3 is 0 Å². The van der Waals surface area contributed by atoms with E-state index in [1.54, 1.807) is 0 Å². The molecule has 0 saturated heterocycles. The lowest BCUT2D eigenvalue weighted by atomic mass is 9.86. The molecule has 0 nitrogen and oxygen atoms in total. The smallest absolute Gasteiger partial charge is 0.0142 e. The Hall–Kier alpha value is -8.45. The van der Waals surface area contributed by atoms with Crippen LogP contribution in [-0.4, -0.2) is 0 Å². The second-order valence-corrected chi connectivity index (χ2v) is 18.8. The van der Waals surface area contributed by atoms with Gasteiger partial charge in [-0.25, -0.2) is 0 Å². The minimum atomic E-state index is 0.144. The van der Waals surface area contributed by atoms with Crippen molar-refractivity contribution in [2.45, 2.75) is 12.3 Å². The number of hydrogen-bond donors (Lipinski definition) is 0. The number of benzene rings is 12. The lowest BCUT2D eigenvalue weighted by Crippen LogP contribution is -1.99. The highest BCUT2D eigenvalue weighted by Crippen LogP contribution is 2.55. The van der Waals surface area contributed by atoms with Gasteiger partial charge >= 0.3 is 0 Å². The fourth-order valence-electron chi connectivity index (χ4n) is 12.5. The largest absolute Gasteiger partial charge is 0.104 e. The molecular formula is C67H41-. The third kappa shape index (κ3) is 5.27. The van der Waals surface area contributed by atoms with Crippen LogP contribution in [0.15, 0.2) is 230 Å². The number of fused-ring (bicyclic) bond motifs is 21. The molecule has 15 rings (SSSR count). The molecule has 0 amide bonds. The Balaban J connectivity index is 1.05.